The predicted octanol–water partition coefficient (Wildman–Crippen LogP) is 4.05. The van der Waals surface area contributed by atoms with Crippen LogP contribution < -0.4 is 52.3 Å². The van der Waals surface area contributed by atoms with E-state index in [1.54, 1.807) is 25.1 Å². The van der Waals surface area contributed by atoms with Gasteiger partial charge in [0.25, 0.3) is 23.6 Å². The fourth-order valence-electron chi connectivity index (χ4n) is 6.34. The minimum atomic E-state index is -1.66. The van der Waals surface area contributed by atoms with Gasteiger partial charge in [0.15, 0.2) is 29.1 Å². The number of nitrogens with two attached hydrogens (primary N) is 2. The monoisotopic (exact) mass is 933 g/mol. The van der Waals surface area contributed by atoms with Gasteiger partial charge >= 0.3 is 12.1 Å². The van der Waals surface area contributed by atoms with Gasteiger partial charge in [0.2, 0.25) is 11.8 Å². The normalized spacial score (nSPS) is 11.7. The molecular weight excluding hydrogens is 891 g/mol. The lowest BCUT2D eigenvalue weighted by atomic mass is 10.1. The molecule has 5 rings (SSSR count). The first-order valence-electron chi connectivity index (χ1n) is 19.7. The van der Waals surface area contributed by atoms with Gasteiger partial charge in [-0.15, -0.1) is 0 Å². The van der Waals surface area contributed by atoms with Crippen molar-refractivity contribution in [1.29, 1.82) is 0 Å². The van der Waals surface area contributed by atoms with Crippen LogP contribution in [0.5, 0.6) is 28.7 Å². The molecule has 0 heterocycles. The summed E-state index contributed by atoms with van der Waals surface area (Å²) in [5.74, 6) is -8.15. The molecule has 5 aromatic rings. The molecule has 12 N–H and O–H groups in total. The molecule has 0 aromatic heterocycles. The summed E-state index contributed by atoms with van der Waals surface area (Å²) in [6.07, 6.45) is -1.00. The SMILES string of the molecule is COc1c(NC(=O)c2ccc(NC(=O)c3ccc(NC(=O)C(NC(=O)c4ccc(NC(=O)C(C)=Cc5ccc(OC(N)=O)cc5)cc4)C(OC)C(N)=O)cc3)c(OC)c2O)ccc(C(=O)O)c1O. The van der Waals surface area contributed by atoms with Gasteiger partial charge in [-0.3, -0.25) is 28.8 Å². The summed E-state index contributed by atoms with van der Waals surface area (Å²) in [6.45, 7) is 1.58. The van der Waals surface area contributed by atoms with E-state index >= 15 is 0 Å². The molecule has 0 saturated heterocycles. The number of carbonyl (C=O) groups excluding carboxylic acids is 7. The summed E-state index contributed by atoms with van der Waals surface area (Å²) in [6, 6.07) is 20.2. The minimum absolute atomic E-state index is 0.0375. The number of carboxylic acids is 1. The second kappa shape index (κ2) is 22.0. The van der Waals surface area contributed by atoms with Crippen molar-refractivity contribution in [2.45, 2.75) is 19.1 Å². The molecule has 0 aliphatic carbocycles. The van der Waals surface area contributed by atoms with E-state index in [0.717, 1.165) is 20.3 Å². The zero-order valence-electron chi connectivity index (χ0n) is 36.4. The van der Waals surface area contributed by atoms with Crippen LogP contribution in [0.4, 0.5) is 27.5 Å². The van der Waals surface area contributed by atoms with Crippen molar-refractivity contribution in [2.24, 2.45) is 11.5 Å². The van der Waals surface area contributed by atoms with Crippen LogP contribution in [0.3, 0.4) is 0 Å². The molecule has 0 spiro atoms. The van der Waals surface area contributed by atoms with Crippen molar-refractivity contribution in [2.75, 3.05) is 42.6 Å². The average Bonchev–Trinajstić information content (AvgIpc) is 3.29. The van der Waals surface area contributed by atoms with E-state index in [1.165, 1.54) is 86.0 Å². The van der Waals surface area contributed by atoms with E-state index in [4.69, 9.17) is 30.4 Å². The Morgan fingerprint density at radius 3 is 1.60 bits per heavy atom. The third-order valence-corrected chi connectivity index (χ3v) is 9.71. The maximum atomic E-state index is 13.6. The van der Waals surface area contributed by atoms with Crippen LogP contribution in [0.2, 0.25) is 0 Å². The number of nitrogens with one attached hydrogen (secondary N) is 5. The molecule has 0 fully saturated rings. The first kappa shape index (κ1) is 49.6. The summed E-state index contributed by atoms with van der Waals surface area (Å²) in [5, 5.41) is 43.2. The van der Waals surface area contributed by atoms with E-state index in [1.807, 2.05) is 0 Å². The minimum Gasteiger partial charge on any atom is -0.504 e. The van der Waals surface area contributed by atoms with Crippen molar-refractivity contribution in [3.8, 4) is 28.7 Å². The first-order valence-corrected chi connectivity index (χ1v) is 19.7. The van der Waals surface area contributed by atoms with E-state index in [0.29, 0.717) is 16.8 Å². The Hall–Kier alpha value is -9.44. The van der Waals surface area contributed by atoms with Crippen molar-refractivity contribution >= 4 is 76.3 Å². The zero-order chi connectivity index (χ0) is 49.8. The molecule has 2 atom stereocenters. The van der Waals surface area contributed by atoms with Crippen molar-refractivity contribution in [3.63, 3.8) is 0 Å². The Labute approximate surface area is 385 Å². The highest BCUT2D eigenvalue weighted by Crippen LogP contribution is 2.40. The smallest absolute Gasteiger partial charge is 0.409 e. The van der Waals surface area contributed by atoms with Gasteiger partial charge < -0.3 is 72.3 Å². The Balaban J connectivity index is 1.22. The van der Waals surface area contributed by atoms with Crippen LogP contribution >= 0.6 is 0 Å². The number of carbonyl (C=O) groups is 8. The zero-order valence-corrected chi connectivity index (χ0v) is 36.4. The van der Waals surface area contributed by atoms with Crippen LogP contribution in [0.15, 0.2) is 103 Å². The maximum absolute atomic E-state index is 13.6. The number of phenolic OH excluding ortho intramolecular Hbond substituents is 1. The molecule has 0 radical (unpaired) electrons. The second-order valence-electron chi connectivity index (χ2n) is 14.2. The molecule has 0 aliphatic rings. The van der Waals surface area contributed by atoms with E-state index < -0.39 is 76.7 Å². The molecule has 68 heavy (non-hydrogen) atoms. The highest BCUT2D eigenvalue weighted by molar-refractivity contribution is 6.11. The topological polar surface area (TPSA) is 346 Å². The molecule has 22 heteroatoms. The van der Waals surface area contributed by atoms with E-state index in [9.17, 15) is 53.7 Å². The third kappa shape index (κ3) is 12.0. The van der Waals surface area contributed by atoms with Crippen LogP contribution in [-0.2, 0) is 19.1 Å². The third-order valence-electron chi connectivity index (χ3n) is 9.71. The molecule has 5 aromatic carbocycles. The number of amides is 7. The molecule has 7 amide bonds. The molecule has 352 valence electrons. The molecular formula is C46H43N7O15. The number of benzene rings is 5. The standard InChI is InChI=1S/C46H43N7O15/c1-22(21-23-5-15-28(16-6-23)68-46(48)64)40(57)49-26-11-9-25(10-12-26)42(59)53-33(38(67-4)39(47)56)44(61)50-27-13-7-24(8-14-27)41(58)51-31-19-17-29(34(54)36(31)65-2)43(60)52-32-20-18-30(45(62)63)35(55)37(32)66-3/h5-21,33,38,54-55H,1-4H3,(H2,47,56)(H2,48,64)(H,49,57)(H,50,61)(H,51,58)(H,52,60)(H,53,59)(H,62,63). The quantitative estimate of drug-likeness (QED) is 0.0554. The van der Waals surface area contributed by atoms with Crippen molar-refractivity contribution < 1.29 is 72.6 Å². The fourth-order valence-corrected chi connectivity index (χ4v) is 6.34. The first-order chi connectivity index (χ1) is 32.3. The van der Waals surface area contributed by atoms with E-state index in [-0.39, 0.29) is 51.0 Å². The highest BCUT2D eigenvalue weighted by Gasteiger charge is 2.35. The Kier molecular flexibility index (Phi) is 16.0. The second-order valence-corrected chi connectivity index (χ2v) is 14.2. The van der Waals surface area contributed by atoms with Crippen LogP contribution in [0, 0.1) is 0 Å². The van der Waals surface area contributed by atoms with Crippen molar-refractivity contribution in [3.05, 3.63) is 130 Å². The van der Waals surface area contributed by atoms with Gasteiger partial charge in [0.1, 0.15) is 17.4 Å². The van der Waals surface area contributed by atoms with Gasteiger partial charge in [-0.05, 0) is 103 Å². The lowest BCUT2D eigenvalue weighted by molar-refractivity contribution is -0.134. The molecule has 0 aliphatic heterocycles. The average molecular weight is 934 g/mol. The highest BCUT2D eigenvalue weighted by atomic mass is 16.5. The fraction of sp³-hybridized carbons (Fsp3) is 0.130. The van der Waals surface area contributed by atoms with Gasteiger partial charge in [0, 0.05) is 35.2 Å². The molecule has 0 saturated carbocycles. The summed E-state index contributed by atoms with van der Waals surface area (Å²) >= 11 is 0. The number of primary amides is 2. The molecule has 2 unspecified atom stereocenters. The van der Waals surface area contributed by atoms with Crippen LogP contribution in [-0.4, -0.2) is 96.3 Å². The number of carboxylic acid groups (broad SMARTS) is 1. The van der Waals surface area contributed by atoms with Gasteiger partial charge in [-0.25, -0.2) is 9.59 Å². The number of hydrogen-bond acceptors (Lipinski definition) is 14. The van der Waals surface area contributed by atoms with E-state index in [2.05, 4.69) is 26.6 Å². The molecule has 0 bridgehead atoms. The van der Waals surface area contributed by atoms with Crippen LogP contribution in [0.25, 0.3) is 6.08 Å². The van der Waals surface area contributed by atoms with Crippen molar-refractivity contribution in [1.82, 2.24) is 5.32 Å². The number of rotatable bonds is 18. The predicted molar refractivity (Wildman–Crippen MR) is 244 cm³/mol. The number of ether oxygens (including phenoxy) is 4. The lowest BCUT2D eigenvalue weighted by Gasteiger charge is -2.24. The van der Waals surface area contributed by atoms with Gasteiger partial charge in [-0.1, -0.05) is 12.1 Å². The summed E-state index contributed by atoms with van der Waals surface area (Å²) in [7, 11) is 3.43. The largest absolute Gasteiger partial charge is 0.504 e. The number of methoxy groups -OCH3 is 3. The number of hydrogen-bond donors (Lipinski definition) is 10. The molecule has 22 nitrogen and oxygen atoms in total. The lowest BCUT2D eigenvalue weighted by Crippen LogP contribution is -2.56. The van der Waals surface area contributed by atoms with Crippen LogP contribution in [0.1, 0.15) is 53.9 Å². The number of anilines is 4. The summed E-state index contributed by atoms with van der Waals surface area (Å²) in [5.41, 5.74) is 11.0. The number of aromatic carboxylic acids is 1. The Morgan fingerprint density at radius 2 is 1.10 bits per heavy atom. The number of phenols is 2. The number of aromatic hydroxyl groups is 2. The summed E-state index contributed by atoms with van der Waals surface area (Å²) < 4.78 is 20.3. The Morgan fingerprint density at radius 1 is 0.603 bits per heavy atom. The summed E-state index contributed by atoms with van der Waals surface area (Å²) in [4.78, 5) is 101. The van der Waals surface area contributed by atoms with Gasteiger partial charge in [0.05, 0.1) is 31.2 Å². The Bertz CT molecular complexity index is 2810. The maximum Gasteiger partial charge on any atom is 0.409 e. The van der Waals surface area contributed by atoms with Gasteiger partial charge in [-0.2, -0.15) is 0 Å².